The van der Waals surface area contributed by atoms with Crippen molar-refractivity contribution in [2.45, 2.75) is 31.8 Å². The quantitative estimate of drug-likeness (QED) is 0.671. The minimum Gasteiger partial charge on any atom is -0.481 e. The number of aliphatic carboxylic acids is 1. The van der Waals surface area contributed by atoms with E-state index in [1.54, 1.807) is 0 Å². The van der Waals surface area contributed by atoms with Gasteiger partial charge in [0.1, 0.15) is 0 Å². The minimum absolute atomic E-state index is 0.000255. The molecule has 7 nitrogen and oxygen atoms in total. The van der Waals surface area contributed by atoms with Crippen LogP contribution in [0.2, 0.25) is 0 Å². The molecule has 1 unspecified atom stereocenters. The van der Waals surface area contributed by atoms with Gasteiger partial charge in [-0.1, -0.05) is 0 Å². The molecule has 0 spiro atoms. The Morgan fingerprint density at radius 2 is 2.00 bits per heavy atom. The van der Waals surface area contributed by atoms with Crippen LogP contribution in [0.5, 0.6) is 0 Å². The molecule has 1 heterocycles. The maximum atomic E-state index is 12.0. The van der Waals surface area contributed by atoms with Crippen molar-refractivity contribution in [2.75, 3.05) is 18.1 Å². The van der Waals surface area contributed by atoms with Crippen LogP contribution in [-0.2, 0) is 19.4 Å². The molecule has 0 radical (unpaired) electrons. The summed E-state index contributed by atoms with van der Waals surface area (Å²) >= 11 is 0. The first-order valence-electron chi connectivity index (χ1n) is 5.55. The number of hydrogen-bond donors (Lipinski definition) is 2. The average molecular weight is 278 g/mol. The predicted molar refractivity (Wildman–Crippen MR) is 64.7 cm³/mol. The number of nitrogens with zero attached hydrogens (tertiary/aromatic N) is 1. The molecule has 3 N–H and O–H groups in total. The van der Waals surface area contributed by atoms with Gasteiger partial charge in [0.05, 0.1) is 29.5 Å². The molecule has 0 saturated carbocycles. The minimum atomic E-state index is -3.29. The van der Waals surface area contributed by atoms with Crippen LogP contribution in [0.15, 0.2) is 0 Å². The van der Waals surface area contributed by atoms with Gasteiger partial charge in [0.2, 0.25) is 5.91 Å². The van der Waals surface area contributed by atoms with E-state index < -0.39 is 33.3 Å². The molecule has 1 aliphatic heterocycles. The zero-order valence-electron chi connectivity index (χ0n) is 10.4. The van der Waals surface area contributed by atoms with Gasteiger partial charge in [-0.25, -0.2) is 8.42 Å². The Kier molecular flexibility index (Phi) is 4.02. The molecular formula is C10H18N2O5S. The summed E-state index contributed by atoms with van der Waals surface area (Å²) in [5.41, 5.74) is 4.54. The molecule has 0 aliphatic carbocycles. The highest BCUT2D eigenvalue weighted by atomic mass is 32.2. The van der Waals surface area contributed by atoms with Crippen molar-refractivity contribution < 1.29 is 23.1 Å². The first kappa shape index (κ1) is 14.9. The van der Waals surface area contributed by atoms with E-state index in [0.717, 1.165) is 0 Å². The molecule has 104 valence electrons. The lowest BCUT2D eigenvalue weighted by Crippen LogP contribution is -2.59. The topological polar surface area (TPSA) is 118 Å². The summed E-state index contributed by atoms with van der Waals surface area (Å²) in [6.45, 7) is 3.02. The molecule has 18 heavy (non-hydrogen) atoms. The van der Waals surface area contributed by atoms with Crippen molar-refractivity contribution in [1.29, 1.82) is 0 Å². The van der Waals surface area contributed by atoms with Gasteiger partial charge in [-0.15, -0.1) is 0 Å². The largest absolute Gasteiger partial charge is 0.481 e. The van der Waals surface area contributed by atoms with E-state index in [-0.39, 0.29) is 24.5 Å². The Labute approximate surface area is 106 Å². The number of carbonyl (C=O) groups excluding carboxylic acids is 1. The SMILES string of the molecule is CC(C)(N)C(=O)N1CCS(=O)(=O)CC1CC(=O)O. The maximum Gasteiger partial charge on any atom is 0.305 e. The van der Waals surface area contributed by atoms with Crippen LogP contribution < -0.4 is 5.73 Å². The Hall–Kier alpha value is -1.15. The molecule has 0 aromatic carbocycles. The second-order valence-corrected chi connectivity index (χ2v) is 7.32. The number of nitrogens with two attached hydrogens (primary N) is 1. The monoisotopic (exact) mass is 278 g/mol. The standard InChI is InChI=1S/C10H18N2O5S/c1-10(2,11)9(15)12-3-4-18(16,17)6-7(12)5-8(13)14/h7H,3-6,11H2,1-2H3,(H,13,14). The Bertz CT molecular complexity index is 451. The third kappa shape index (κ3) is 3.67. The number of hydrogen-bond acceptors (Lipinski definition) is 5. The van der Waals surface area contributed by atoms with Crippen molar-refractivity contribution >= 4 is 21.7 Å². The van der Waals surface area contributed by atoms with Crippen LogP contribution in [0.1, 0.15) is 20.3 Å². The summed E-state index contributed by atoms with van der Waals surface area (Å²) in [5, 5.41) is 8.77. The summed E-state index contributed by atoms with van der Waals surface area (Å²) in [6, 6.07) is -0.837. The maximum absolute atomic E-state index is 12.0. The van der Waals surface area contributed by atoms with Crippen LogP contribution in [0.3, 0.4) is 0 Å². The van der Waals surface area contributed by atoms with Crippen molar-refractivity contribution in [1.82, 2.24) is 4.90 Å². The molecule has 8 heteroatoms. The lowest BCUT2D eigenvalue weighted by Gasteiger charge is -2.38. The van der Waals surface area contributed by atoms with Crippen LogP contribution >= 0.6 is 0 Å². The molecule has 0 aromatic rings. The summed E-state index contributed by atoms with van der Waals surface area (Å²) < 4.78 is 23.0. The van der Waals surface area contributed by atoms with Crippen LogP contribution in [0.25, 0.3) is 0 Å². The fourth-order valence-electron chi connectivity index (χ4n) is 1.89. The molecule has 1 fully saturated rings. The predicted octanol–water partition coefficient (Wildman–Crippen LogP) is -1.18. The number of sulfone groups is 1. The van der Waals surface area contributed by atoms with Gasteiger partial charge in [0.15, 0.2) is 9.84 Å². The van der Waals surface area contributed by atoms with Gasteiger partial charge in [-0.3, -0.25) is 9.59 Å². The fraction of sp³-hybridized carbons (Fsp3) is 0.800. The second kappa shape index (κ2) is 4.85. The smallest absolute Gasteiger partial charge is 0.305 e. The molecular weight excluding hydrogens is 260 g/mol. The number of amides is 1. The van der Waals surface area contributed by atoms with Crippen molar-refractivity contribution in [2.24, 2.45) is 5.73 Å². The van der Waals surface area contributed by atoms with Gasteiger partial charge >= 0.3 is 5.97 Å². The van der Waals surface area contributed by atoms with Gasteiger partial charge in [0.25, 0.3) is 0 Å². The van der Waals surface area contributed by atoms with Crippen molar-refractivity contribution in [3.05, 3.63) is 0 Å². The van der Waals surface area contributed by atoms with Crippen molar-refractivity contribution in [3.63, 3.8) is 0 Å². The third-order valence-electron chi connectivity index (χ3n) is 2.75. The van der Waals surface area contributed by atoms with Crippen LogP contribution in [0, 0.1) is 0 Å². The van der Waals surface area contributed by atoms with E-state index in [1.807, 2.05) is 0 Å². The summed E-state index contributed by atoms with van der Waals surface area (Å²) in [4.78, 5) is 24.0. The third-order valence-corrected chi connectivity index (χ3v) is 4.45. The van der Waals surface area contributed by atoms with Gasteiger partial charge < -0.3 is 15.7 Å². The van der Waals surface area contributed by atoms with E-state index in [4.69, 9.17) is 10.8 Å². The molecule has 1 saturated heterocycles. The Morgan fingerprint density at radius 1 is 1.44 bits per heavy atom. The van der Waals surface area contributed by atoms with E-state index in [0.29, 0.717) is 0 Å². The zero-order valence-corrected chi connectivity index (χ0v) is 11.2. The summed E-state index contributed by atoms with van der Waals surface area (Å²) in [6.07, 6.45) is -0.388. The molecule has 1 atom stereocenters. The molecule has 1 amide bonds. The average Bonchev–Trinajstić information content (AvgIpc) is 2.13. The van der Waals surface area contributed by atoms with Gasteiger partial charge in [-0.2, -0.15) is 0 Å². The van der Waals surface area contributed by atoms with Crippen molar-refractivity contribution in [3.8, 4) is 0 Å². The second-order valence-electron chi connectivity index (χ2n) is 5.09. The van der Waals surface area contributed by atoms with Gasteiger partial charge in [-0.05, 0) is 13.8 Å². The number of carbonyl (C=O) groups is 2. The first-order valence-corrected chi connectivity index (χ1v) is 7.37. The van der Waals surface area contributed by atoms with E-state index in [1.165, 1.54) is 18.7 Å². The molecule has 1 aliphatic rings. The highest BCUT2D eigenvalue weighted by molar-refractivity contribution is 7.91. The lowest BCUT2D eigenvalue weighted by atomic mass is 10.0. The first-order chi connectivity index (χ1) is 8.03. The highest BCUT2D eigenvalue weighted by Gasteiger charge is 2.39. The zero-order chi connectivity index (χ0) is 14.1. The highest BCUT2D eigenvalue weighted by Crippen LogP contribution is 2.18. The fourth-order valence-corrected chi connectivity index (χ4v) is 3.42. The molecule has 0 aromatic heterocycles. The van der Waals surface area contributed by atoms with Crippen LogP contribution in [0.4, 0.5) is 0 Å². The lowest BCUT2D eigenvalue weighted by molar-refractivity contribution is -0.142. The van der Waals surface area contributed by atoms with E-state index in [9.17, 15) is 18.0 Å². The number of carboxylic acids is 1. The number of rotatable bonds is 3. The normalized spacial score (nSPS) is 23.7. The molecule has 1 rings (SSSR count). The number of carboxylic acid groups (broad SMARTS) is 1. The Morgan fingerprint density at radius 3 is 2.44 bits per heavy atom. The summed E-state index contributed by atoms with van der Waals surface area (Å²) in [7, 11) is -3.29. The molecule has 0 bridgehead atoms. The summed E-state index contributed by atoms with van der Waals surface area (Å²) in [5.74, 6) is -2.03. The van der Waals surface area contributed by atoms with E-state index in [2.05, 4.69) is 0 Å². The van der Waals surface area contributed by atoms with E-state index >= 15 is 0 Å². The van der Waals surface area contributed by atoms with Gasteiger partial charge in [0, 0.05) is 6.54 Å². The Balaban J connectivity index is 2.95. The van der Waals surface area contributed by atoms with Crippen LogP contribution in [-0.4, -0.2) is 59.9 Å².